The summed E-state index contributed by atoms with van der Waals surface area (Å²) >= 11 is 13.6. The van der Waals surface area contributed by atoms with Crippen molar-refractivity contribution in [3.63, 3.8) is 0 Å². The average Bonchev–Trinajstić information content (AvgIpc) is 3.19. The number of benzene rings is 1. The van der Waals surface area contributed by atoms with Crippen LogP contribution in [-0.2, 0) is 9.59 Å². The quantitative estimate of drug-likeness (QED) is 0.621. The lowest BCUT2D eigenvalue weighted by atomic mass is 10.1. The second-order valence-electron chi connectivity index (χ2n) is 7.46. The summed E-state index contributed by atoms with van der Waals surface area (Å²) in [6.45, 7) is 7.17. The van der Waals surface area contributed by atoms with E-state index in [1.54, 1.807) is 18.2 Å². The molecule has 3 rings (SSSR count). The van der Waals surface area contributed by atoms with Crippen molar-refractivity contribution in [2.45, 2.75) is 38.9 Å². The van der Waals surface area contributed by atoms with Crippen LogP contribution in [0.4, 0.5) is 5.69 Å². The number of halogens is 3. The molecule has 0 unspecified atom stereocenters. The Labute approximate surface area is 197 Å². The highest BCUT2D eigenvalue weighted by molar-refractivity contribution is 7.10. The minimum absolute atomic E-state index is 0. The van der Waals surface area contributed by atoms with E-state index in [0.29, 0.717) is 23.8 Å². The topological polar surface area (TPSA) is 52.7 Å². The highest BCUT2D eigenvalue weighted by Gasteiger charge is 2.38. The van der Waals surface area contributed by atoms with Gasteiger partial charge in [0.2, 0.25) is 5.91 Å². The van der Waals surface area contributed by atoms with Gasteiger partial charge in [-0.15, -0.1) is 35.3 Å². The fraction of sp³-hybridized carbons (Fsp3) is 0.429. The van der Waals surface area contributed by atoms with Gasteiger partial charge >= 0.3 is 0 Å². The van der Waals surface area contributed by atoms with E-state index in [-0.39, 0.29) is 42.2 Å². The second kappa shape index (κ2) is 10.8. The molecule has 1 aliphatic heterocycles. The van der Waals surface area contributed by atoms with Gasteiger partial charge in [-0.25, -0.2) is 0 Å². The predicted molar refractivity (Wildman–Crippen MR) is 127 cm³/mol. The van der Waals surface area contributed by atoms with Gasteiger partial charge in [-0.2, -0.15) is 0 Å². The number of rotatable bonds is 5. The largest absolute Gasteiger partial charge is 0.337 e. The van der Waals surface area contributed by atoms with Crippen molar-refractivity contribution in [1.29, 1.82) is 0 Å². The minimum Gasteiger partial charge on any atom is -0.337 e. The zero-order valence-electron chi connectivity index (χ0n) is 17.1. The minimum atomic E-state index is -0.765. The Morgan fingerprint density at radius 3 is 2.47 bits per heavy atom. The van der Waals surface area contributed by atoms with Crippen molar-refractivity contribution in [2.24, 2.45) is 0 Å². The molecule has 1 fully saturated rings. The molecule has 0 radical (unpaired) electrons. The molecule has 0 aliphatic carbocycles. The van der Waals surface area contributed by atoms with Gasteiger partial charge in [-0.3, -0.25) is 14.5 Å². The molecular formula is C21H26Cl3N3O2S. The fourth-order valence-corrected chi connectivity index (χ4v) is 5.02. The number of carbonyl (C=O) groups is 2. The lowest BCUT2D eigenvalue weighted by Gasteiger charge is -2.40. The van der Waals surface area contributed by atoms with Crippen molar-refractivity contribution in [3.8, 4) is 0 Å². The van der Waals surface area contributed by atoms with E-state index in [4.69, 9.17) is 23.2 Å². The van der Waals surface area contributed by atoms with Gasteiger partial charge < -0.3 is 10.2 Å². The van der Waals surface area contributed by atoms with Crippen molar-refractivity contribution >= 4 is 64.4 Å². The SMILES string of the molecule is Cc1cc(Cl)ccc1N(C(=O)CCl)[C@H](C(=O)N1C[C@@H](C)N[C@@H](C)C1)c1cccs1.Cl. The maximum Gasteiger partial charge on any atom is 0.251 e. The zero-order chi connectivity index (χ0) is 21.1. The van der Waals surface area contributed by atoms with Crippen LogP contribution < -0.4 is 10.2 Å². The zero-order valence-corrected chi connectivity index (χ0v) is 20.2. The Morgan fingerprint density at radius 2 is 1.93 bits per heavy atom. The number of amides is 2. The third-order valence-corrected chi connectivity index (χ3v) is 6.36. The molecule has 0 bridgehead atoms. The molecule has 2 aromatic rings. The molecule has 1 aliphatic rings. The molecule has 1 aromatic carbocycles. The summed E-state index contributed by atoms with van der Waals surface area (Å²) in [5.74, 6) is -0.633. The van der Waals surface area contributed by atoms with E-state index < -0.39 is 6.04 Å². The standard InChI is InChI=1S/C21H25Cl2N3O2S.ClH/c1-13-9-16(23)6-7-17(13)26(19(27)10-22)20(18-5-4-8-29-18)21(28)25-11-14(2)24-15(3)12-25;/h4-9,14-15,20,24H,10-12H2,1-3H3;1H/t14-,15+,20-;/m0./s1. The Kier molecular flexibility index (Phi) is 9.00. The first kappa shape index (κ1) is 25.0. The normalized spacial score (nSPS) is 19.7. The Bertz CT molecular complexity index is 868. The summed E-state index contributed by atoms with van der Waals surface area (Å²) < 4.78 is 0. The number of nitrogens with one attached hydrogen (secondary N) is 1. The highest BCUT2D eigenvalue weighted by atomic mass is 35.5. The lowest BCUT2D eigenvalue weighted by molar-refractivity contribution is -0.136. The van der Waals surface area contributed by atoms with Crippen LogP contribution in [0, 0.1) is 6.92 Å². The van der Waals surface area contributed by atoms with Gasteiger partial charge in [0.25, 0.3) is 5.91 Å². The Hall–Kier alpha value is -1.31. The van der Waals surface area contributed by atoms with Gasteiger partial charge in [-0.05, 0) is 56.0 Å². The molecule has 5 nitrogen and oxygen atoms in total. The number of piperazine rings is 1. The van der Waals surface area contributed by atoms with Crippen LogP contribution in [0.1, 0.15) is 30.3 Å². The third-order valence-electron chi connectivity index (χ3n) is 4.98. The summed E-state index contributed by atoms with van der Waals surface area (Å²) in [4.78, 5) is 30.9. The van der Waals surface area contributed by atoms with Crippen molar-refractivity contribution < 1.29 is 9.59 Å². The number of hydrogen-bond acceptors (Lipinski definition) is 4. The maximum absolute atomic E-state index is 13.7. The molecule has 0 spiro atoms. The number of thiophene rings is 1. The number of nitrogens with zero attached hydrogens (tertiary/aromatic N) is 2. The lowest BCUT2D eigenvalue weighted by Crippen LogP contribution is -2.58. The number of anilines is 1. The first-order valence-corrected chi connectivity index (χ1v) is 11.3. The summed E-state index contributed by atoms with van der Waals surface area (Å²) in [7, 11) is 0. The van der Waals surface area contributed by atoms with Crippen LogP contribution in [0.2, 0.25) is 5.02 Å². The number of aryl methyl sites for hydroxylation is 1. The van der Waals surface area contributed by atoms with E-state index in [0.717, 1.165) is 10.4 Å². The molecular weight excluding hydrogens is 465 g/mol. The predicted octanol–water partition coefficient (Wildman–Crippen LogP) is 4.65. The summed E-state index contributed by atoms with van der Waals surface area (Å²) in [6, 6.07) is 8.67. The molecule has 1 aromatic heterocycles. The van der Waals surface area contributed by atoms with Crippen molar-refractivity contribution in [3.05, 3.63) is 51.2 Å². The first-order valence-electron chi connectivity index (χ1n) is 9.54. The van der Waals surface area contributed by atoms with Crippen LogP contribution in [0.25, 0.3) is 0 Å². The van der Waals surface area contributed by atoms with Crippen LogP contribution in [0.3, 0.4) is 0 Å². The van der Waals surface area contributed by atoms with Gasteiger partial charge in [0.1, 0.15) is 11.9 Å². The van der Waals surface area contributed by atoms with Crippen LogP contribution in [0.15, 0.2) is 35.7 Å². The maximum atomic E-state index is 13.7. The summed E-state index contributed by atoms with van der Waals surface area (Å²) in [5.41, 5.74) is 1.45. The van der Waals surface area contributed by atoms with Gasteiger partial charge in [0.15, 0.2) is 0 Å². The second-order valence-corrected chi connectivity index (χ2v) is 9.14. The first-order chi connectivity index (χ1) is 13.8. The summed E-state index contributed by atoms with van der Waals surface area (Å²) in [5, 5.41) is 5.93. The van der Waals surface area contributed by atoms with E-state index in [1.807, 2.05) is 29.3 Å². The number of hydrogen-bond donors (Lipinski definition) is 1. The van der Waals surface area contributed by atoms with E-state index in [1.165, 1.54) is 16.2 Å². The van der Waals surface area contributed by atoms with Crippen molar-refractivity contribution in [1.82, 2.24) is 10.2 Å². The number of carbonyl (C=O) groups excluding carboxylic acids is 2. The van der Waals surface area contributed by atoms with E-state index in [9.17, 15) is 9.59 Å². The van der Waals surface area contributed by atoms with E-state index in [2.05, 4.69) is 19.2 Å². The van der Waals surface area contributed by atoms with Crippen molar-refractivity contribution in [2.75, 3.05) is 23.9 Å². The molecule has 0 saturated carbocycles. The molecule has 1 saturated heterocycles. The number of alkyl halides is 1. The molecule has 164 valence electrons. The molecule has 1 N–H and O–H groups in total. The van der Waals surface area contributed by atoms with Crippen LogP contribution in [-0.4, -0.2) is 47.8 Å². The smallest absolute Gasteiger partial charge is 0.251 e. The average molecular weight is 491 g/mol. The molecule has 2 heterocycles. The van der Waals surface area contributed by atoms with Crippen LogP contribution >= 0.6 is 46.9 Å². The van der Waals surface area contributed by atoms with Gasteiger partial charge in [0, 0.05) is 40.8 Å². The monoisotopic (exact) mass is 489 g/mol. The van der Waals surface area contributed by atoms with Gasteiger partial charge in [-0.1, -0.05) is 17.7 Å². The van der Waals surface area contributed by atoms with Crippen LogP contribution in [0.5, 0.6) is 0 Å². The fourth-order valence-electron chi connectivity index (χ4n) is 3.86. The van der Waals surface area contributed by atoms with Gasteiger partial charge in [0.05, 0.1) is 0 Å². The van der Waals surface area contributed by atoms with E-state index >= 15 is 0 Å². The highest BCUT2D eigenvalue weighted by Crippen LogP contribution is 2.35. The molecule has 2 amide bonds. The third kappa shape index (κ3) is 5.48. The Morgan fingerprint density at radius 1 is 1.27 bits per heavy atom. The molecule has 9 heteroatoms. The molecule has 3 atom stereocenters. The molecule has 30 heavy (non-hydrogen) atoms. The summed E-state index contributed by atoms with van der Waals surface area (Å²) in [6.07, 6.45) is 0. The Balaban J connectivity index is 0.00000320.